The van der Waals surface area contributed by atoms with Crippen LogP contribution in [0.1, 0.15) is 55.7 Å². The predicted molar refractivity (Wildman–Crippen MR) is 159 cm³/mol. The van der Waals surface area contributed by atoms with Crippen molar-refractivity contribution in [3.63, 3.8) is 0 Å². The predicted octanol–water partition coefficient (Wildman–Crippen LogP) is 3.96. The Labute approximate surface area is 244 Å². The third kappa shape index (κ3) is 6.73. The molecule has 0 aliphatic carbocycles. The van der Waals surface area contributed by atoms with Gasteiger partial charge in [-0.3, -0.25) is 9.69 Å². The van der Waals surface area contributed by atoms with Gasteiger partial charge in [0, 0.05) is 25.7 Å². The van der Waals surface area contributed by atoms with Crippen LogP contribution in [0.4, 0.5) is 0 Å². The van der Waals surface area contributed by atoms with Gasteiger partial charge in [0.05, 0.1) is 40.0 Å². The molecule has 10 heteroatoms. The number of benzene rings is 2. The lowest BCUT2D eigenvalue weighted by molar-refractivity contribution is -0.134. The van der Waals surface area contributed by atoms with Crippen molar-refractivity contribution in [2.75, 3.05) is 6.54 Å². The molecule has 0 bridgehead atoms. The second-order valence-corrected chi connectivity index (χ2v) is 12.7. The SMILES string of the molecule is Cc1ncsc1-c1ccc(CNC(=O)[C@@H]2C[C@@H](O)CN2C(O)[C@@H](n2cc(Cc3ccccc3)nn2)C(C)(C)C)cc1. The number of likely N-dealkylation sites (tertiary alicyclic amines) is 1. The van der Waals surface area contributed by atoms with Crippen molar-refractivity contribution < 1.29 is 15.0 Å². The lowest BCUT2D eigenvalue weighted by atomic mass is 9.85. The van der Waals surface area contributed by atoms with Gasteiger partial charge in [-0.2, -0.15) is 0 Å². The maximum absolute atomic E-state index is 13.4. The van der Waals surface area contributed by atoms with Gasteiger partial charge in [-0.05, 0) is 35.4 Å². The number of carbonyl (C=O) groups is 1. The molecule has 5 rings (SSSR count). The van der Waals surface area contributed by atoms with Crippen LogP contribution >= 0.6 is 11.3 Å². The van der Waals surface area contributed by atoms with Gasteiger partial charge < -0.3 is 15.5 Å². The smallest absolute Gasteiger partial charge is 0.237 e. The molecule has 9 nitrogen and oxygen atoms in total. The van der Waals surface area contributed by atoms with E-state index in [9.17, 15) is 15.0 Å². The Morgan fingerprint density at radius 2 is 1.85 bits per heavy atom. The number of aromatic nitrogens is 4. The molecule has 1 fully saturated rings. The third-order valence-electron chi connectivity index (χ3n) is 7.63. The number of amides is 1. The normalized spacial score (nSPS) is 19.3. The van der Waals surface area contributed by atoms with E-state index in [2.05, 4.69) is 20.6 Å². The van der Waals surface area contributed by atoms with Crippen LogP contribution in [-0.4, -0.2) is 65.9 Å². The van der Waals surface area contributed by atoms with Crippen molar-refractivity contribution in [1.82, 2.24) is 30.2 Å². The summed E-state index contributed by atoms with van der Waals surface area (Å²) in [7, 11) is 0. The van der Waals surface area contributed by atoms with Crippen molar-refractivity contribution in [2.45, 2.75) is 71.5 Å². The van der Waals surface area contributed by atoms with Crippen molar-refractivity contribution in [2.24, 2.45) is 5.41 Å². The van der Waals surface area contributed by atoms with Gasteiger partial charge in [-0.1, -0.05) is 80.6 Å². The molecule has 3 N–H and O–H groups in total. The van der Waals surface area contributed by atoms with Crippen molar-refractivity contribution in [1.29, 1.82) is 0 Å². The first-order valence-electron chi connectivity index (χ1n) is 13.9. The third-order valence-corrected chi connectivity index (χ3v) is 8.61. The number of β-amino-alcohol motifs (C(OH)–C–C–N with tert-alkyl or cyclic N) is 1. The first kappa shape index (κ1) is 29.1. The summed E-state index contributed by atoms with van der Waals surface area (Å²) in [6, 6.07) is 16.9. The van der Waals surface area contributed by atoms with Crippen LogP contribution in [0.15, 0.2) is 66.3 Å². The Bertz CT molecular complexity index is 1450. The fraction of sp³-hybridized carbons (Fsp3) is 0.419. The summed E-state index contributed by atoms with van der Waals surface area (Å²) in [5.41, 5.74) is 6.42. The topological polar surface area (TPSA) is 116 Å². The summed E-state index contributed by atoms with van der Waals surface area (Å²) in [6.07, 6.45) is 0.973. The highest BCUT2D eigenvalue weighted by atomic mass is 32.1. The zero-order valence-electron chi connectivity index (χ0n) is 23.9. The van der Waals surface area contributed by atoms with Crippen LogP contribution in [0.5, 0.6) is 0 Å². The average Bonchev–Trinajstić information content (AvgIpc) is 3.67. The molecular weight excluding hydrogens is 536 g/mol. The fourth-order valence-corrected chi connectivity index (χ4v) is 6.36. The van der Waals surface area contributed by atoms with E-state index in [4.69, 9.17) is 0 Å². The Morgan fingerprint density at radius 1 is 1.12 bits per heavy atom. The van der Waals surface area contributed by atoms with Crippen molar-refractivity contribution in [3.05, 3.63) is 88.8 Å². The van der Waals surface area contributed by atoms with Crippen LogP contribution < -0.4 is 5.32 Å². The molecule has 2 aromatic carbocycles. The van der Waals surface area contributed by atoms with Crippen molar-refractivity contribution >= 4 is 17.2 Å². The standard InChI is InChI=1S/C31H38N6O3S/c1-20-27(41-19-33-20)23-12-10-22(11-13-23)16-32-29(39)26-15-25(38)18-36(26)30(40)28(31(2,3)4)37-17-24(34-35-37)14-21-8-6-5-7-9-21/h5-13,17,19,25-26,28,30,38,40H,14-16,18H2,1-4H3,(H,32,39)/t25-,26+,28-,30?/m1/s1. The Hall–Kier alpha value is -3.44. The minimum absolute atomic E-state index is 0.195. The molecule has 4 atom stereocenters. The Balaban J connectivity index is 1.28. The number of hydrogen-bond donors (Lipinski definition) is 3. The lowest BCUT2D eigenvalue weighted by Crippen LogP contribution is -2.52. The molecule has 0 radical (unpaired) electrons. The maximum atomic E-state index is 13.4. The Kier molecular flexibility index (Phi) is 8.65. The quantitative estimate of drug-likeness (QED) is 0.277. The molecule has 1 aliphatic rings. The molecule has 1 unspecified atom stereocenters. The number of aliphatic hydroxyl groups excluding tert-OH is 2. The molecule has 0 spiro atoms. The van der Waals surface area contributed by atoms with Crippen LogP contribution in [0, 0.1) is 12.3 Å². The highest BCUT2D eigenvalue weighted by Gasteiger charge is 2.45. The van der Waals surface area contributed by atoms with Gasteiger partial charge in [0.1, 0.15) is 6.23 Å². The van der Waals surface area contributed by atoms with E-state index in [1.54, 1.807) is 20.9 Å². The number of thiazole rings is 1. The van der Waals surface area contributed by atoms with Gasteiger partial charge in [0.2, 0.25) is 5.91 Å². The highest BCUT2D eigenvalue weighted by molar-refractivity contribution is 7.13. The second-order valence-electron chi connectivity index (χ2n) is 11.9. The number of aliphatic hydroxyl groups is 2. The molecule has 0 saturated carbocycles. The number of aryl methyl sites for hydroxylation is 1. The van der Waals surface area contributed by atoms with Gasteiger partial charge in [0.25, 0.3) is 0 Å². The van der Waals surface area contributed by atoms with Gasteiger partial charge in [-0.15, -0.1) is 16.4 Å². The van der Waals surface area contributed by atoms with E-state index in [1.807, 2.05) is 94.0 Å². The molecule has 1 saturated heterocycles. The minimum atomic E-state index is -1.06. The number of nitrogens with zero attached hydrogens (tertiary/aromatic N) is 5. The van der Waals surface area contributed by atoms with Crippen LogP contribution in [0.2, 0.25) is 0 Å². The Morgan fingerprint density at radius 3 is 2.51 bits per heavy atom. The summed E-state index contributed by atoms with van der Waals surface area (Å²) >= 11 is 1.61. The number of rotatable bonds is 9. The molecule has 216 valence electrons. The van der Waals surface area contributed by atoms with E-state index in [1.165, 1.54) is 0 Å². The van der Waals surface area contributed by atoms with Gasteiger partial charge in [0.15, 0.2) is 0 Å². The van der Waals surface area contributed by atoms with Crippen molar-refractivity contribution in [3.8, 4) is 10.4 Å². The average molecular weight is 575 g/mol. The van der Waals surface area contributed by atoms with E-state index in [0.29, 0.717) is 13.0 Å². The molecule has 4 aromatic rings. The van der Waals surface area contributed by atoms with Gasteiger partial charge >= 0.3 is 0 Å². The zero-order valence-corrected chi connectivity index (χ0v) is 24.8. The molecule has 1 aliphatic heterocycles. The summed E-state index contributed by atoms with van der Waals surface area (Å²) in [6.45, 7) is 8.62. The van der Waals surface area contributed by atoms with E-state index in [0.717, 1.165) is 33.0 Å². The first-order chi connectivity index (χ1) is 19.6. The molecular formula is C31H38N6O3S. The number of nitrogens with one attached hydrogen (secondary N) is 1. The lowest BCUT2D eigenvalue weighted by Gasteiger charge is -2.40. The second kappa shape index (κ2) is 12.2. The van der Waals surface area contributed by atoms with Crippen LogP contribution in [0.25, 0.3) is 10.4 Å². The maximum Gasteiger partial charge on any atom is 0.237 e. The van der Waals surface area contributed by atoms with Crippen LogP contribution in [0.3, 0.4) is 0 Å². The molecule has 1 amide bonds. The number of carbonyl (C=O) groups excluding carboxylic acids is 1. The monoisotopic (exact) mass is 574 g/mol. The van der Waals surface area contributed by atoms with E-state index in [-0.39, 0.29) is 18.9 Å². The summed E-state index contributed by atoms with van der Waals surface area (Å²) in [5, 5.41) is 34.0. The summed E-state index contributed by atoms with van der Waals surface area (Å²) in [5.74, 6) is -0.223. The zero-order chi connectivity index (χ0) is 29.1. The van der Waals surface area contributed by atoms with E-state index >= 15 is 0 Å². The fourth-order valence-electron chi connectivity index (χ4n) is 5.55. The highest BCUT2D eigenvalue weighted by Crippen LogP contribution is 2.37. The minimum Gasteiger partial charge on any atom is -0.392 e. The number of hydrogen-bond acceptors (Lipinski definition) is 8. The molecule has 3 heterocycles. The first-order valence-corrected chi connectivity index (χ1v) is 14.8. The molecule has 41 heavy (non-hydrogen) atoms. The van der Waals surface area contributed by atoms with Crippen LogP contribution in [-0.2, 0) is 17.8 Å². The largest absolute Gasteiger partial charge is 0.392 e. The molecule has 2 aromatic heterocycles. The summed E-state index contributed by atoms with van der Waals surface area (Å²) in [4.78, 5) is 20.5. The van der Waals surface area contributed by atoms with Gasteiger partial charge in [-0.25, -0.2) is 9.67 Å². The van der Waals surface area contributed by atoms with E-state index < -0.39 is 29.8 Å². The summed E-state index contributed by atoms with van der Waals surface area (Å²) < 4.78 is 1.70.